The second-order valence-corrected chi connectivity index (χ2v) is 9.18. The highest BCUT2D eigenvalue weighted by molar-refractivity contribution is 5.84. The Morgan fingerprint density at radius 2 is 1.61 bits per heavy atom. The molecule has 0 saturated heterocycles. The zero-order valence-electron chi connectivity index (χ0n) is 19.3. The van der Waals surface area contributed by atoms with E-state index in [1.165, 1.54) is 30.4 Å². The third-order valence-corrected chi connectivity index (χ3v) is 6.79. The summed E-state index contributed by atoms with van der Waals surface area (Å²) in [6.07, 6.45) is 5.85. The molecule has 1 aliphatic carbocycles. The van der Waals surface area contributed by atoms with Gasteiger partial charge in [0.1, 0.15) is 12.4 Å². The first kappa shape index (κ1) is 21.4. The molecule has 0 atom stereocenters. The van der Waals surface area contributed by atoms with Gasteiger partial charge in [-0.1, -0.05) is 91.6 Å². The Hall–Kier alpha value is -3.40. The van der Waals surface area contributed by atoms with Crippen molar-refractivity contribution in [3.05, 3.63) is 90.0 Å². The molecule has 0 spiro atoms. The van der Waals surface area contributed by atoms with Gasteiger partial charge in [-0.3, -0.25) is 4.79 Å². The van der Waals surface area contributed by atoms with E-state index >= 15 is 0 Å². The van der Waals surface area contributed by atoms with Crippen LogP contribution >= 0.6 is 0 Å². The Labute approximate surface area is 195 Å². The van der Waals surface area contributed by atoms with E-state index in [1.807, 2.05) is 24.3 Å². The Morgan fingerprint density at radius 1 is 0.909 bits per heavy atom. The molecule has 0 bridgehead atoms. The topological polar surface area (TPSA) is 38.1 Å². The molecule has 1 aromatic heterocycles. The molecule has 4 aromatic rings. The lowest BCUT2D eigenvalue weighted by Crippen LogP contribution is -2.42. The maximum atomic E-state index is 13.9. The first-order valence-corrected chi connectivity index (χ1v) is 12.0. The van der Waals surface area contributed by atoms with Crippen LogP contribution in [-0.2, 0) is 17.9 Å². The highest BCUT2D eigenvalue weighted by Crippen LogP contribution is 2.28. The average molecular weight is 438 g/mol. The molecule has 0 radical (unpaired) electrons. The van der Waals surface area contributed by atoms with E-state index in [2.05, 4.69) is 71.0 Å². The van der Waals surface area contributed by atoms with E-state index in [0.29, 0.717) is 19.1 Å². The van der Waals surface area contributed by atoms with Crippen LogP contribution in [0.4, 0.5) is 0 Å². The van der Waals surface area contributed by atoms with Gasteiger partial charge in [-0.15, -0.1) is 0 Å². The van der Waals surface area contributed by atoms with Crippen molar-refractivity contribution in [2.45, 2.75) is 58.2 Å². The van der Waals surface area contributed by atoms with Crippen molar-refractivity contribution in [2.75, 3.05) is 0 Å². The molecule has 4 heteroatoms. The van der Waals surface area contributed by atoms with Gasteiger partial charge in [0.2, 0.25) is 5.91 Å². The van der Waals surface area contributed by atoms with Crippen molar-refractivity contribution >= 4 is 16.9 Å². The van der Waals surface area contributed by atoms with Gasteiger partial charge >= 0.3 is 0 Å². The second-order valence-electron chi connectivity index (χ2n) is 9.18. The zero-order valence-corrected chi connectivity index (χ0v) is 19.3. The van der Waals surface area contributed by atoms with Crippen LogP contribution in [0.3, 0.4) is 0 Å². The smallest absolute Gasteiger partial charge is 0.243 e. The lowest BCUT2D eigenvalue weighted by atomic mass is 9.93. The fourth-order valence-corrected chi connectivity index (χ4v) is 4.98. The first-order valence-electron chi connectivity index (χ1n) is 12.0. The second kappa shape index (κ2) is 9.62. The Bertz CT molecular complexity index is 1220. The summed E-state index contributed by atoms with van der Waals surface area (Å²) in [7, 11) is 0. The van der Waals surface area contributed by atoms with Crippen LogP contribution in [0.2, 0.25) is 0 Å². The standard InChI is InChI=1S/C29H31N3O/c1-22-16-18-24(19-17-22)29-30-26-14-8-9-15-27(26)32(29)21-28(33)31(25-12-6-3-7-13-25)20-23-10-4-2-5-11-23/h2,4-5,8-11,14-19,25H,3,6-7,12-13,20-21H2,1H3. The maximum absolute atomic E-state index is 13.9. The highest BCUT2D eigenvalue weighted by atomic mass is 16.2. The quantitative estimate of drug-likeness (QED) is 0.351. The summed E-state index contributed by atoms with van der Waals surface area (Å²) in [5, 5.41) is 0. The van der Waals surface area contributed by atoms with Crippen LogP contribution in [0, 0.1) is 6.92 Å². The van der Waals surface area contributed by atoms with Gasteiger partial charge in [-0.2, -0.15) is 0 Å². The van der Waals surface area contributed by atoms with Crippen LogP contribution in [0.25, 0.3) is 22.4 Å². The minimum absolute atomic E-state index is 0.169. The molecule has 5 rings (SSSR count). The number of carbonyl (C=O) groups excluding carboxylic acids is 1. The van der Waals surface area contributed by atoms with Crippen molar-refractivity contribution in [2.24, 2.45) is 0 Å². The van der Waals surface area contributed by atoms with E-state index in [4.69, 9.17) is 4.98 Å². The van der Waals surface area contributed by atoms with Crippen LogP contribution in [0.1, 0.15) is 43.2 Å². The molecular weight excluding hydrogens is 406 g/mol. The maximum Gasteiger partial charge on any atom is 0.243 e. The summed E-state index contributed by atoms with van der Waals surface area (Å²) in [6.45, 7) is 3.05. The molecule has 0 aliphatic heterocycles. The SMILES string of the molecule is Cc1ccc(-c2nc3ccccc3n2CC(=O)N(Cc2ccccc2)C2CCCCC2)cc1. The number of aryl methyl sites for hydroxylation is 1. The minimum Gasteiger partial charge on any atom is -0.334 e. The van der Waals surface area contributed by atoms with Gasteiger partial charge in [0.25, 0.3) is 0 Å². The summed E-state index contributed by atoms with van der Waals surface area (Å²) in [5.41, 5.74) is 5.37. The number of carbonyl (C=O) groups is 1. The molecule has 3 aromatic carbocycles. The zero-order chi connectivity index (χ0) is 22.6. The van der Waals surface area contributed by atoms with E-state index in [-0.39, 0.29) is 5.91 Å². The Balaban J connectivity index is 1.50. The molecule has 4 nitrogen and oxygen atoms in total. The molecule has 1 heterocycles. The van der Waals surface area contributed by atoms with Crippen molar-refractivity contribution in [3.8, 4) is 11.4 Å². The number of amides is 1. The number of nitrogens with zero attached hydrogens (tertiary/aromatic N) is 3. The first-order chi connectivity index (χ1) is 16.2. The predicted octanol–water partition coefficient (Wildman–Crippen LogP) is 6.37. The molecular formula is C29H31N3O. The van der Waals surface area contributed by atoms with Crippen molar-refractivity contribution in [3.63, 3.8) is 0 Å². The summed E-state index contributed by atoms with van der Waals surface area (Å²) in [4.78, 5) is 20.9. The largest absolute Gasteiger partial charge is 0.334 e. The van der Waals surface area contributed by atoms with Crippen LogP contribution < -0.4 is 0 Å². The summed E-state index contributed by atoms with van der Waals surface area (Å²) in [5.74, 6) is 1.02. The predicted molar refractivity (Wildman–Crippen MR) is 134 cm³/mol. The number of hydrogen-bond donors (Lipinski definition) is 0. The number of fused-ring (bicyclic) bond motifs is 1. The Morgan fingerprint density at radius 3 is 2.36 bits per heavy atom. The van der Waals surface area contributed by atoms with Crippen molar-refractivity contribution < 1.29 is 4.79 Å². The van der Waals surface area contributed by atoms with Crippen LogP contribution in [0.15, 0.2) is 78.9 Å². The fourth-order valence-electron chi connectivity index (χ4n) is 4.98. The van der Waals surface area contributed by atoms with Gasteiger partial charge < -0.3 is 9.47 Å². The van der Waals surface area contributed by atoms with E-state index in [9.17, 15) is 4.79 Å². The fraction of sp³-hybridized carbons (Fsp3) is 0.310. The van der Waals surface area contributed by atoms with Gasteiger partial charge in [0, 0.05) is 18.2 Å². The van der Waals surface area contributed by atoms with Gasteiger partial charge in [-0.05, 0) is 37.5 Å². The van der Waals surface area contributed by atoms with Crippen molar-refractivity contribution in [1.82, 2.24) is 14.5 Å². The van der Waals surface area contributed by atoms with E-state index in [0.717, 1.165) is 35.3 Å². The molecule has 1 fully saturated rings. The number of aromatic nitrogens is 2. The Kier molecular flexibility index (Phi) is 6.25. The van der Waals surface area contributed by atoms with Crippen molar-refractivity contribution in [1.29, 1.82) is 0 Å². The summed E-state index contributed by atoms with van der Waals surface area (Å²) in [6, 6.07) is 27.2. The van der Waals surface area contributed by atoms with Gasteiger partial charge in [0.15, 0.2) is 0 Å². The van der Waals surface area contributed by atoms with E-state index in [1.54, 1.807) is 0 Å². The summed E-state index contributed by atoms with van der Waals surface area (Å²) >= 11 is 0. The van der Waals surface area contributed by atoms with Crippen LogP contribution in [0.5, 0.6) is 0 Å². The number of benzene rings is 3. The molecule has 0 N–H and O–H groups in total. The molecule has 0 unspecified atom stereocenters. The van der Waals surface area contributed by atoms with Gasteiger partial charge in [0.05, 0.1) is 11.0 Å². The minimum atomic E-state index is 0.169. The lowest BCUT2D eigenvalue weighted by molar-refractivity contribution is -0.135. The molecule has 1 amide bonds. The van der Waals surface area contributed by atoms with Crippen LogP contribution in [-0.4, -0.2) is 26.4 Å². The highest BCUT2D eigenvalue weighted by Gasteiger charge is 2.27. The number of hydrogen-bond acceptors (Lipinski definition) is 2. The van der Waals surface area contributed by atoms with E-state index < -0.39 is 0 Å². The molecule has 33 heavy (non-hydrogen) atoms. The number of rotatable bonds is 6. The molecule has 1 saturated carbocycles. The molecule has 168 valence electrons. The molecule has 1 aliphatic rings. The van der Waals surface area contributed by atoms with Gasteiger partial charge in [-0.25, -0.2) is 4.98 Å². The third kappa shape index (κ3) is 4.70. The number of imidazole rings is 1. The number of para-hydroxylation sites is 2. The lowest BCUT2D eigenvalue weighted by Gasteiger charge is -2.35. The average Bonchev–Trinajstić information content (AvgIpc) is 3.22. The normalized spacial score (nSPS) is 14.5. The summed E-state index contributed by atoms with van der Waals surface area (Å²) < 4.78 is 2.10. The monoisotopic (exact) mass is 437 g/mol. The third-order valence-electron chi connectivity index (χ3n) is 6.79.